The van der Waals surface area contributed by atoms with Gasteiger partial charge in [0.1, 0.15) is 10.7 Å². The molecule has 1 fully saturated rings. The van der Waals surface area contributed by atoms with Crippen LogP contribution in [0.15, 0.2) is 0 Å². The molecule has 0 bridgehead atoms. The van der Waals surface area contributed by atoms with E-state index in [-0.39, 0.29) is 6.10 Å². The van der Waals surface area contributed by atoms with Crippen LogP contribution in [0.3, 0.4) is 0 Å². The van der Waals surface area contributed by atoms with Gasteiger partial charge in [0, 0.05) is 31.2 Å². The molecule has 0 aliphatic carbocycles. The first-order valence-corrected chi connectivity index (χ1v) is 5.91. The maximum Gasteiger partial charge on any atom is 0.132 e. The maximum atomic E-state index is 9.60. The average Bonchev–Trinajstić information content (AvgIpc) is 2.59. The molecule has 1 aromatic rings. The number of rotatable bonds is 2. The van der Waals surface area contributed by atoms with Crippen molar-refractivity contribution in [2.24, 2.45) is 5.92 Å². The maximum absolute atomic E-state index is 9.60. The molecule has 2 rings (SSSR count). The Kier molecular flexibility index (Phi) is 3.18. The van der Waals surface area contributed by atoms with E-state index in [0.717, 1.165) is 31.7 Å². The minimum atomic E-state index is -0.160. The Morgan fingerprint density at radius 1 is 1.67 bits per heavy atom. The molecular weight excluding hydrogens is 212 g/mol. The van der Waals surface area contributed by atoms with Crippen molar-refractivity contribution in [3.63, 3.8) is 0 Å². The number of hydrogen-bond donors (Lipinski definition) is 2. The smallest absolute Gasteiger partial charge is 0.132 e. The highest BCUT2D eigenvalue weighted by molar-refractivity contribution is 7.09. The summed E-state index contributed by atoms with van der Waals surface area (Å²) < 4.78 is 3.81. The van der Waals surface area contributed by atoms with E-state index in [2.05, 4.69) is 21.4 Å². The number of nitrogens with two attached hydrogens (primary N) is 1. The summed E-state index contributed by atoms with van der Waals surface area (Å²) in [6, 6.07) is 0. The monoisotopic (exact) mass is 228 g/mol. The van der Waals surface area contributed by atoms with Crippen LogP contribution >= 0.6 is 11.5 Å². The fourth-order valence-electron chi connectivity index (χ4n) is 1.90. The van der Waals surface area contributed by atoms with E-state index in [1.807, 2.05) is 0 Å². The summed E-state index contributed by atoms with van der Waals surface area (Å²) in [5.41, 5.74) is 6.60. The van der Waals surface area contributed by atoms with E-state index in [1.54, 1.807) is 0 Å². The second-order valence-electron chi connectivity index (χ2n) is 4.15. The summed E-state index contributed by atoms with van der Waals surface area (Å²) in [6.07, 6.45) is 0.672. The van der Waals surface area contributed by atoms with E-state index >= 15 is 0 Å². The van der Waals surface area contributed by atoms with Gasteiger partial charge >= 0.3 is 0 Å². The Morgan fingerprint density at radius 3 is 3.07 bits per heavy atom. The molecule has 3 N–H and O–H groups in total. The SMILES string of the molecule is CC1CN(Cc2nnsc2N)CCC1O. The molecule has 2 heterocycles. The van der Waals surface area contributed by atoms with Crippen LogP contribution in [0.25, 0.3) is 0 Å². The van der Waals surface area contributed by atoms with Crippen molar-refractivity contribution in [3.05, 3.63) is 5.69 Å². The second-order valence-corrected chi connectivity index (χ2v) is 4.94. The van der Waals surface area contributed by atoms with Crippen molar-refractivity contribution < 1.29 is 5.11 Å². The molecule has 6 heteroatoms. The highest BCUT2D eigenvalue weighted by Crippen LogP contribution is 2.20. The van der Waals surface area contributed by atoms with E-state index in [9.17, 15) is 5.11 Å². The summed E-state index contributed by atoms with van der Waals surface area (Å²) in [5.74, 6) is 0.326. The Balaban J connectivity index is 1.94. The van der Waals surface area contributed by atoms with Crippen molar-refractivity contribution in [1.82, 2.24) is 14.5 Å². The summed E-state index contributed by atoms with van der Waals surface area (Å²) in [5, 5.41) is 14.3. The Hall–Kier alpha value is -0.720. The average molecular weight is 228 g/mol. The minimum absolute atomic E-state index is 0.160. The van der Waals surface area contributed by atoms with Crippen LogP contribution in [0.1, 0.15) is 19.0 Å². The van der Waals surface area contributed by atoms with Crippen LogP contribution in [0.4, 0.5) is 5.00 Å². The first kappa shape index (κ1) is 10.8. The first-order chi connectivity index (χ1) is 7.16. The largest absolute Gasteiger partial charge is 0.393 e. The van der Waals surface area contributed by atoms with Gasteiger partial charge in [-0.05, 0) is 12.3 Å². The molecule has 0 radical (unpaired) electrons. The summed E-state index contributed by atoms with van der Waals surface area (Å²) in [7, 11) is 0. The number of aliphatic hydroxyl groups is 1. The predicted molar refractivity (Wildman–Crippen MR) is 59.4 cm³/mol. The van der Waals surface area contributed by atoms with Crippen molar-refractivity contribution in [2.75, 3.05) is 18.8 Å². The number of nitrogens with zero attached hydrogens (tertiary/aromatic N) is 3. The van der Waals surface area contributed by atoms with E-state index < -0.39 is 0 Å². The fourth-order valence-corrected chi connectivity index (χ4v) is 2.34. The Morgan fingerprint density at radius 2 is 2.47 bits per heavy atom. The van der Waals surface area contributed by atoms with Crippen molar-refractivity contribution in [2.45, 2.75) is 26.0 Å². The number of likely N-dealkylation sites (tertiary alicyclic amines) is 1. The molecular formula is C9H16N4OS. The molecule has 15 heavy (non-hydrogen) atoms. The van der Waals surface area contributed by atoms with Crippen LogP contribution in [0.2, 0.25) is 0 Å². The van der Waals surface area contributed by atoms with Crippen LogP contribution in [-0.2, 0) is 6.54 Å². The standard InChI is InChI=1S/C9H16N4OS/c1-6-4-13(3-2-8(6)14)5-7-9(10)15-12-11-7/h6,8,14H,2-5,10H2,1H3. The van der Waals surface area contributed by atoms with Gasteiger partial charge in [0.15, 0.2) is 0 Å². The number of piperidine rings is 1. The van der Waals surface area contributed by atoms with Crippen LogP contribution in [-0.4, -0.2) is 38.8 Å². The van der Waals surface area contributed by atoms with E-state index in [4.69, 9.17) is 5.73 Å². The molecule has 0 aromatic carbocycles. The molecule has 2 unspecified atom stereocenters. The molecule has 2 atom stereocenters. The van der Waals surface area contributed by atoms with Gasteiger partial charge in [0.25, 0.3) is 0 Å². The van der Waals surface area contributed by atoms with Crippen LogP contribution < -0.4 is 5.73 Å². The quantitative estimate of drug-likeness (QED) is 0.762. The summed E-state index contributed by atoms with van der Waals surface area (Å²) in [6.45, 7) is 4.62. The van der Waals surface area contributed by atoms with Gasteiger partial charge in [-0.1, -0.05) is 11.4 Å². The van der Waals surface area contributed by atoms with Gasteiger partial charge in [0.05, 0.1) is 6.10 Å². The molecule has 5 nitrogen and oxygen atoms in total. The third kappa shape index (κ3) is 2.45. The predicted octanol–water partition coefficient (Wildman–Crippen LogP) is 0.323. The third-order valence-electron chi connectivity index (χ3n) is 2.90. The normalized spacial score (nSPS) is 28.1. The van der Waals surface area contributed by atoms with Gasteiger partial charge in [0.2, 0.25) is 0 Å². The van der Waals surface area contributed by atoms with Crippen LogP contribution in [0.5, 0.6) is 0 Å². The molecule has 0 spiro atoms. The van der Waals surface area contributed by atoms with Crippen molar-refractivity contribution in [1.29, 1.82) is 0 Å². The minimum Gasteiger partial charge on any atom is -0.393 e. The van der Waals surface area contributed by atoms with Crippen molar-refractivity contribution in [3.8, 4) is 0 Å². The number of hydrogen-bond acceptors (Lipinski definition) is 6. The highest BCUT2D eigenvalue weighted by Gasteiger charge is 2.24. The lowest BCUT2D eigenvalue weighted by atomic mass is 9.97. The zero-order chi connectivity index (χ0) is 10.8. The van der Waals surface area contributed by atoms with Crippen LogP contribution in [0, 0.1) is 5.92 Å². The molecule has 1 aliphatic heterocycles. The fraction of sp³-hybridized carbons (Fsp3) is 0.778. The second kappa shape index (κ2) is 4.42. The lowest BCUT2D eigenvalue weighted by Gasteiger charge is -2.33. The third-order valence-corrected chi connectivity index (χ3v) is 3.50. The molecule has 0 amide bonds. The number of nitrogen functional groups attached to an aromatic ring is 1. The molecule has 1 aromatic heterocycles. The van der Waals surface area contributed by atoms with Gasteiger partial charge in [-0.3, -0.25) is 4.90 Å². The lowest BCUT2D eigenvalue weighted by Crippen LogP contribution is -2.41. The van der Waals surface area contributed by atoms with E-state index in [0.29, 0.717) is 10.9 Å². The zero-order valence-corrected chi connectivity index (χ0v) is 9.57. The van der Waals surface area contributed by atoms with Gasteiger partial charge in [-0.2, -0.15) is 0 Å². The van der Waals surface area contributed by atoms with Crippen molar-refractivity contribution >= 4 is 16.5 Å². The molecule has 1 aliphatic rings. The van der Waals surface area contributed by atoms with E-state index in [1.165, 1.54) is 11.5 Å². The topological polar surface area (TPSA) is 75.3 Å². The number of aliphatic hydroxyl groups excluding tert-OH is 1. The Bertz CT molecular complexity index is 330. The van der Waals surface area contributed by atoms with Gasteiger partial charge in [-0.25, -0.2) is 0 Å². The number of anilines is 1. The first-order valence-electron chi connectivity index (χ1n) is 5.14. The lowest BCUT2D eigenvalue weighted by molar-refractivity contribution is 0.0316. The molecule has 0 saturated carbocycles. The van der Waals surface area contributed by atoms with Gasteiger partial charge in [-0.15, -0.1) is 5.10 Å². The number of aromatic nitrogens is 2. The molecule has 84 valence electrons. The molecule has 1 saturated heterocycles. The summed E-state index contributed by atoms with van der Waals surface area (Å²) in [4.78, 5) is 2.27. The zero-order valence-electron chi connectivity index (χ0n) is 8.76. The summed E-state index contributed by atoms with van der Waals surface area (Å²) >= 11 is 1.23. The highest BCUT2D eigenvalue weighted by atomic mass is 32.1. The van der Waals surface area contributed by atoms with Gasteiger partial charge < -0.3 is 10.8 Å². The Labute approximate surface area is 93.1 Å².